The molecule has 1 unspecified atom stereocenters. The maximum Gasteiger partial charge on any atom is 0.0392 e. The second-order valence-corrected chi connectivity index (χ2v) is 4.23. The molecule has 1 atom stereocenters. The third-order valence-corrected chi connectivity index (χ3v) is 2.96. The molecule has 0 aromatic heterocycles. The zero-order valence-corrected chi connectivity index (χ0v) is 8.82. The molecule has 62 valence electrons. The van der Waals surface area contributed by atoms with Gasteiger partial charge in [-0.15, -0.1) is 0 Å². The van der Waals surface area contributed by atoms with E-state index in [-0.39, 0.29) is 0 Å². The van der Waals surface area contributed by atoms with E-state index in [0.717, 1.165) is 6.42 Å². The zero-order chi connectivity index (χ0) is 8.27. The van der Waals surface area contributed by atoms with Crippen molar-refractivity contribution < 1.29 is 0 Å². The highest BCUT2D eigenvalue weighted by Gasteiger charge is 2.11. The Morgan fingerprint density at radius 1 is 1.64 bits per heavy atom. The van der Waals surface area contributed by atoms with Crippen LogP contribution in [0.25, 0.3) is 0 Å². The van der Waals surface area contributed by atoms with Crippen LogP contribution in [0.4, 0.5) is 0 Å². The lowest BCUT2D eigenvalue weighted by Gasteiger charge is -2.16. The van der Waals surface area contributed by atoms with E-state index in [9.17, 15) is 0 Å². The van der Waals surface area contributed by atoms with Crippen molar-refractivity contribution in [3.8, 4) is 0 Å². The Hall–Kier alpha value is -0.0400. The van der Waals surface area contributed by atoms with E-state index < -0.39 is 0 Å². The van der Waals surface area contributed by atoms with Crippen LogP contribution in [0.1, 0.15) is 33.1 Å². The quantitative estimate of drug-likeness (QED) is 0.614. The van der Waals surface area contributed by atoms with Gasteiger partial charge in [-0.1, -0.05) is 52.6 Å². The molecule has 0 nitrogen and oxygen atoms in total. The van der Waals surface area contributed by atoms with Crippen LogP contribution in [0.3, 0.4) is 0 Å². The van der Waals surface area contributed by atoms with Crippen molar-refractivity contribution in [2.45, 2.75) is 37.9 Å². The van der Waals surface area contributed by atoms with Crippen LogP contribution in [0, 0.1) is 0 Å². The third kappa shape index (κ3) is 2.48. The van der Waals surface area contributed by atoms with Crippen molar-refractivity contribution in [1.82, 2.24) is 0 Å². The van der Waals surface area contributed by atoms with Crippen molar-refractivity contribution in [2.75, 3.05) is 0 Å². The first-order chi connectivity index (χ1) is 5.24. The lowest BCUT2D eigenvalue weighted by atomic mass is 9.97. The van der Waals surface area contributed by atoms with Gasteiger partial charge in [0, 0.05) is 4.83 Å². The van der Waals surface area contributed by atoms with Gasteiger partial charge in [-0.25, -0.2) is 0 Å². The van der Waals surface area contributed by atoms with E-state index >= 15 is 0 Å². The van der Waals surface area contributed by atoms with Crippen molar-refractivity contribution in [3.63, 3.8) is 0 Å². The number of alkyl halides is 1. The maximum absolute atomic E-state index is 3.67. The monoisotopic (exact) mass is 214 g/mol. The summed E-state index contributed by atoms with van der Waals surface area (Å²) in [7, 11) is 0. The number of rotatable bonds is 2. The Morgan fingerprint density at radius 2 is 2.36 bits per heavy atom. The van der Waals surface area contributed by atoms with Crippen LogP contribution in [0.5, 0.6) is 0 Å². The molecule has 0 radical (unpaired) electrons. The van der Waals surface area contributed by atoms with Crippen LogP contribution < -0.4 is 0 Å². The Labute approximate surface area is 77.5 Å². The fraction of sp³-hybridized carbons (Fsp3) is 0.600. The number of hydrogen-bond acceptors (Lipinski definition) is 0. The van der Waals surface area contributed by atoms with Crippen molar-refractivity contribution in [3.05, 3.63) is 23.3 Å². The molecule has 0 saturated heterocycles. The van der Waals surface area contributed by atoms with Gasteiger partial charge in [0.05, 0.1) is 0 Å². The Kier molecular flexibility index (Phi) is 3.38. The molecule has 0 saturated carbocycles. The van der Waals surface area contributed by atoms with E-state index in [0.29, 0.717) is 4.83 Å². The van der Waals surface area contributed by atoms with E-state index in [1.54, 1.807) is 5.57 Å². The summed E-state index contributed by atoms with van der Waals surface area (Å²) in [6, 6.07) is 0. The van der Waals surface area contributed by atoms with Crippen LogP contribution in [-0.2, 0) is 0 Å². The van der Waals surface area contributed by atoms with Gasteiger partial charge < -0.3 is 0 Å². The molecule has 0 aromatic carbocycles. The Morgan fingerprint density at radius 3 is 3.00 bits per heavy atom. The van der Waals surface area contributed by atoms with Crippen molar-refractivity contribution in [1.29, 1.82) is 0 Å². The molecule has 0 bridgehead atoms. The minimum atomic E-state index is 0.603. The Balaban J connectivity index is 2.64. The zero-order valence-electron chi connectivity index (χ0n) is 7.23. The number of halogens is 1. The highest BCUT2D eigenvalue weighted by atomic mass is 79.9. The molecule has 1 heteroatoms. The second-order valence-electron chi connectivity index (χ2n) is 3.12. The molecule has 0 spiro atoms. The first-order valence-corrected chi connectivity index (χ1v) is 5.17. The topological polar surface area (TPSA) is 0 Å². The maximum atomic E-state index is 3.67. The molecule has 0 fully saturated rings. The van der Waals surface area contributed by atoms with Gasteiger partial charge >= 0.3 is 0 Å². The SMILES string of the molecule is CCCC1=CC(C)=CCC1Br. The van der Waals surface area contributed by atoms with Gasteiger partial charge in [0.15, 0.2) is 0 Å². The summed E-state index contributed by atoms with van der Waals surface area (Å²) in [5.74, 6) is 0. The molecule has 1 rings (SSSR count). The van der Waals surface area contributed by atoms with E-state index in [4.69, 9.17) is 0 Å². The van der Waals surface area contributed by atoms with E-state index in [1.165, 1.54) is 18.4 Å². The summed E-state index contributed by atoms with van der Waals surface area (Å²) < 4.78 is 0. The van der Waals surface area contributed by atoms with Crippen LogP contribution in [0.15, 0.2) is 23.3 Å². The summed E-state index contributed by atoms with van der Waals surface area (Å²) >= 11 is 3.67. The van der Waals surface area contributed by atoms with Crippen LogP contribution in [0.2, 0.25) is 0 Å². The summed E-state index contributed by atoms with van der Waals surface area (Å²) in [5, 5.41) is 0. The summed E-state index contributed by atoms with van der Waals surface area (Å²) in [6.07, 6.45) is 8.25. The lowest BCUT2D eigenvalue weighted by Crippen LogP contribution is -2.05. The highest BCUT2D eigenvalue weighted by Crippen LogP contribution is 2.26. The molecule has 0 aliphatic heterocycles. The van der Waals surface area contributed by atoms with Gasteiger partial charge in [0.2, 0.25) is 0 Å². The molecule has 0 N–H and O–H groups in total. The fourth-order valence-electron chi connectivity index (χ4n) is 1.40. The smallest absolute Gasteiger partial charge is 0.0392 e. The number of allylic oxidation sites excluding steroid dienone is 4. The van der Waals surface area contributed by atoms with Gasteiger partial charge in [-0.2, -0.15) is 0 Å². The summed E-state index contributed by atoms with van der Waals surface area (Å²) in [5.41, 5.74) is 2.98. The predicted octanol–water partition coefficient (Wildman–Crippen LogP) is 3.83. The average Bonchev–Trinajstić information content (AvgIpc) is 1.98. The van der Waals surface area contributed by atoms with Crippen molar-refractivity contribution >= 4 is 15.9 Å². The molecular formula is C10H15Br. The number of hydrogen-bond donors (Lipinski definition) is 0. The average molecular weight is 215 g/mol. The molecule has 1 aliphatic carbocycles. The van der Waals surface area contributed by atoms with Crippen LogP contribution >= 0.6 is 15.9 Å². The minimum absolute atomic E-state index is 0.603. The molecule has 1 aliphatic rings. The predicted molar refractivity (Wildman–Crippen MR) is 54.1 cm³/mol. The molecule has 0 aromatic rings. The highest BCUT2D eigenvalue weighted by molar-refractivity contribution is 9.09. The van der Waals surface area contributed by atoms with E-state index in [2.05, 4.69) is 41.9 Å². The Bertz CT molecular complexity index is 189. The normalized spacial score (nSPS) is 24.5. The lowest BCUT2D eigenvalue weighted by molar-refractivity contribution is 0.832. The molecular weight excluding hydrogens is 200 g/mol. The fourth-order valence-corrected chi connectivity index (χ4v) is 1.95. The first-order valence-electron chi connectivity index (χ1n) is 4.25. The van der Waals surface area contributed by atoms with E-state index in [1.807, 2.05) is 0 Å². The summed E-state index contributed by atoms with van der Waals surface area (Å²) in [6.45, 7) is 4.41. The van der Waals surface area contributed by atoms with Gasteiger partial charge in [0.1, 0.15) is 0 Å². The van der Waals surface area contributed by atoms with Gasteiger partial charge in [-0.05, 0) is 19.8 Å². The second kappa shape index (κ2) is 4.10. The van der Waals surface area contributed by atoms with Gasteiger partial charge in [0.25, 0.3) is 0 Å². The summed E-state index contributed by atoms with van der Waals surface area (Å²) in [4.78, 5) is 0.603. The molecule has 0 heterocycles. The third-order valence-electron chi connectivity index (χ3n) is 2.00. The first kappa shape index (κ1) is 9.05. The van der Waals surface area contributed by atoms with Crippen molar-refractivity contribution in [2.24, 2.45) is 0 Å². The molecule has 0 amide bonds. The van der Waals surface area contributed by atoms with Crippen LogP contribution in [-0.4, -0.2) is 4.83 Å². The molecule has 11 heavy (non-hydrogen) atoms. The largest absolute Gasteiger partial charge is 0.0839 e. The minimum Gasteiger partial charge on any atom is -0.0839 e. The standard InChI is InChI=1S/C10H15Br/c1-3-4-9-7-8(2)5-6-10(9)11/h5,7,10H,3-4,6H2,1-2H3. The van der Waals surface area contributed by atoms with Gasteiger partial charge in [-0.3, -0.25) is 0 Å².